The fourth-order valence-corrected chi connectivity index (χ4v) is 3.39. The summed E-state index contributed by atoms with van der Waals surface area (Å²) < 4.78 is 1.34. The predicted octanol–water partition coefficient (Wildman–Crippen LogP) is 1.11. The Morgan fingerprint density at radius 2 is 2.22 bits per heavy atom. The lowest BCUT2D eigenvalue weighted by atomic mass is 10.2. The first-order chi connectivity index (χ1) is 11.0. The van der Waals surface area contributed by atoms with Gasteiger partial charge in [0.25, 0.3) is 5.69 Å². The quantitative estimate of drug-likeness (QED) is 0.505. The van der Waals surface area contributed by atoms with Crippen LogP contribution < -0.4 is 10.7 Å². The smallest absolute Gasteiger partial charge is 0.271 e. The number of thioether (sulfide) groups is 1. The summed E-state index contributed by atoms with van der Waals surface area (Å²) in [5.74, 6) is 6.24. The Balaban J connectivity index is 1.77. The number of aromatic nitrogens is 3. The third-order valence-corrected chi connectivity index (χ3v) is 4.80. The minimum absolute atomic E-state index is 0.0382. The van der Waals surface area contributed by atoms with Crippen molar-refractivity contribution < 1.29 is 9.72 Å². The van der Waals surface area contributed by atoms with E-state index >= 15 is 0 Å². The molecule has 1 saturated heterocycles. The second-order valence-corrected chi connectivity index (χ2v) is 6.23. The number of aryl methyl sites for hydroxylation is 1. The van der Waals surface area contributed by atoms with Crippen LogP contribution in [0.25, 0.3) is 0 Å². The number of carbonyl (C=O) groups excluding carboxylic acids is 1. The molecule has 0 bridgehead atoms. The van der Waals surface area contributed by atoms with Crippen LogP contribution in [0.5, 0.6) is 0 Å². The average Bonchev–Trinajstić information content (AvgIpc) is 3.05. The highest BCUT2D eigenvalue weighted by atomic mass is 32.2. The molecule has 9 nitrogen and oxygen atoms in total. The Morgan fingerprint density at radius 1 is 1.43 bits per heavy atom. The highest BCUT2D eigenvalue weighted by molar-refractivity contribution is 8.00. The predicted molar refractivity (Wildman–Crippen MR) is 84.6 cm³/mol. The van der Waals surface area contributed by atoms with E-state index in [2.05, 4.69) is 10.2 Å². The SMILES string of the molecule is Cc1nnc(S[C@H]2CCN(c3cccc([N+](=O)[O-])c3)C2=O)n1N. The number of nitrogen functional groups attached to an aromatic ring is 1. The molecule has 0 unspecified atom stereocenters. The standard InChI is InChI=1S/C13H14N6O3S/c1-8-15-16-13(18(8)14)23-11-5-6-17(12(11)20)9-3-2-4-10(7-9)19(21)22/h2-4,7,11H,5-6,14H2,1H3/t11-/m0/s1. The minimum atomic E-state index is -0.476. The van der Waals surface area contributed by atoms with Crippen LogP contribution in [0.2, 0.25) is 0 Å². The van der Waals surface area contributed by atoms with Crippen LogP contribution in [0.3, 0.4) is 0 Å². The fraction of sp³-hybridized carbons (Fsp3) is 0.308. The molecule has 1 fully saturated rings. The highest BCUT2D eigenvalue weighted by Gasteiger charge is 2.35. The lowest BCUT2D eigenvalue weighted by Gasteiger charge is -2.16. The van der Waals surface area contributed by atoms with E-state index in [1.54, 1.807) is 24.0 Å². The molecule has 0 aliphatic carbocycles. The van der Waals surface area contributed by atoms with Crippen LogP contribution in [-0.4, -0.2) is 37.5 Å². The number of nitro groups is 1. The van der Waals surface area contributed by atoms with Gasteiger partial charge >= 0.3 is 0 Å². The van der Waals surface area contributed by atoms with Crippen molar-refractivity contribution in [3.8, 4) is 0 Å². The number of nitrogens with two attached hydrogens (primary N) is 1. The summed E-state index contributed by atoms with van der Waals surface area (Å²) in [6.45, 7) is 2.22. The maximum absolute atomic E-state index is 12.5. The zero-order valence-corrected chi connectivity index (χ0v) is 13.1. The van der Waals surface area contributed by atoms with Crippen LogP contribution in [0.15, 0.2) is 29.4 Å². The average molecular weight is 334 g/mol. The van der Waals surface area contributed by atoms with E-state index in [1.807, 2.05) is 0 Å². The van der Waals surface area contributed by atoms with Crippen molar-refractivity contribution >= 4 is 29.0 Å². The number of hydrogen-bond donors (Lipinski definition) is 1. The molecule has 0 radical (unpaired) electrons. The molecule has 2 N–H and O–H groups in total. The lowest BCUT2D eigenvalue weighted by Crippen LogP contribution is -2.28. The van der Waals surface area contributed by atoms with Crippen molar-refractivity contribution in [2.24, 2.45) is 0 Å². The first-order valence-electron chi connectivity index (χ1n) is 6.87. The molecule has 1 amide bonds. The summed E-state index contributed by atoms with van der Waals surface area (Å²) in [4.78, 5) is 24.5. The molecule has 10 heteroatoms. The maximum atomic E-state index is 12.5. The molecule has 2 heterocycles. The largest absolute Gasteiger partial charge is 0.336 e. The molecule has 2 aromatic rings. The molecule has 23 heavy (non-hydrogen) atoms. The lowest BCUT2D eigenvalue weighted by molar-refractivity contribution is -0.384. The van der Waals surface area contributed by atoms with Crippen LogP contribution in [0.1, 0.15) is 12.2 Å². The molecule has 3 rings (SSSR count). The summed E-state index contributed by atoms with van der Waals surface area (Å²) in [6.07, 6.45) is 0.609. The van der Waals surface area contributed by atoms with Crippen molar-refractivity contribution in [1.29, 1.82) is 0 Å². The van der Waals surface area contributed by atoms with Gasteiger partial charge in [0.2, 0.25) is 11.1 Å². The third kappa shape index (κ3) is 2.84. The van der Waals surface area contributed by atoms with Gasteiger partial charge in [0.15, 0.2) is 0 Å². The van der Waals surface area contributed by atoms with Gasteiger partial charge in [-0.25, -0.2) is 4.68 Å². The van der Waals surface area contributed by atoms with Crippen LogP contribution in [0, 0.1) is 17.0 Å². The Morgan fingerprint density at radius 3 is 2.87 bits per heavy atom. The molecule has 1 aliphatic rings. The number of hydrogen-bond acceptors (Lipinski definition) is 7. The number of rotatable bonds is 4. The maximum Gasteiger partial charge on any atom is 0.271 e. The van der Waals surface area contributed by atoms with E-state index in [4.69, 9.17) is 5.84 Å². The van der Waals surface area contributed by atoms with Crippen LogP contribution >= 0.6 is 11.8 Å². The van der Waals surface area contributed by atoms with Crippen molar-refractivity contribution in [3.05, 3.63) is 40.2 Å². The van der Waals surface area contributed by atoms with Crippen molar-refractivity contribution in [3.63, 3.8) is 0 Å². The second-order valence-electron chi connectivity index (χ2n) is 5.06. The topological polar surface area (TPSA) is 120 Å². The zero-order chi connectivity index (χ0) is 16.6. The van der Waals surface area contributed by atoms with E-state index in [9.17, 15) is 14.9 Å². The summed E-state index contributed by atoms with van der Waals surface area (Å²) in [5.41, 5.74) is 0.487. The fourth-order valence-electron chi connectivity index (χ4n) is 2.35. The van der Waals surface area contributed by atoms with Gasteiger partial charge in [0.05, 0.1) is 15.9 Å². The number of nitrogens with zero attached hydrogens (tertiary/aromatic N) is 5. The summed E-state index contributed by atoms with van der Waals surface area (Å²) in [7, 11) is 0. The van der Waals surface area contributed by atoms with Gasteiger partial charge in [0, 0.05) is 18.7 Å². The van der Waals surface area contributed by atoms with Gasteiger partial charge in [0.1, 0.15) is 5.82 Å². The van der Waals surface area contributed by atoms with Crippen LogP contribution in [-0.2, 0) is 4.79 Å². The van der Waals surface area contributed by atoms with E-state index in [0.29, 0.717) is 29.6 Å². The van der Waals surface area contributed by atoms with Crippen molar-refractivity contribution in [2.75, 3.05) is 17.3 Å². The molecule has 1 atom stereocenters. The van der Waals surface area contributed by atoms with E-state index in [0.717, 1.165) is 0 Å². The van der Waals surface area contributed by atoms with Gasteiger partial charge in [-0.2, -0.15) is 0 Å². The molecule has 1 aromatic heterocycles. The highest BCUT2D eigenvalue weighted by Crippen LogP contribution is 2.33. The number of carbonyl (C=O) groups is 1. The third-order valence-electron chi connectivity index (χ3n) is 3.59. The first kappa shape index (κ1) is 15.3. The number of anilines is 1. The van der Waals surface area contributed by atoms with Gasteiger partial charge in [-0.05, 0) is 19.4 Å². The van der Waals surface area contributed by atoms with E-state index < -0.39 is 4.92 Å². The molecular weight excluding hydrogens is 320 g/mol. The molecule has 120 valence electrons. The van der Waals surface area contributed by atoms with Crippen LogP contribution in [0.4, 0.5) is 11.4 Å². The number of benzene rings is 1. The van der Waals surface area contributed by atoms with Gasteiger partial charge in [-0.1, -0.05) is 17.8 Å². The summed E-state index contributed by atoms with van der Waals surface area (Å²) >= 11 is 1.25. The van der Waals surface area contributed by atoms with E-state index in [1.165, 1.54) is 28.6 Å². The summed E-state index contributed by atoms with van der Waals surface area (Å²) in [5, 5.41) is 18.8. The number of nitro benzene ring substituents is 1. The minimum Gasteiger partial charge on any atom is -0.336 e. The number of amides is 1. The van der Waals surface area contributed by atoms with Crippen molar-refractivity contribution in [2.45, 2.75) is 23.8 Å². The normalized spacial score (nSPS) is 17.7. The molecule has 1 aromatic carbocycles. The van der Waals surface area contributed by atoms with Gasteiger partial charge in [-0.15, -0.1) is 10.2 Å². The van der Waals surface area contributed by atoms with E-state index in [-0.39, 0.29) is 16.8 Å². The number of non-ortho nitro benzene ring substituents is 1. The van der Waals surface area contributed by atoms with Gasteiger partial charge in [-0.3, -0.25) is 14.9 Å². The molecule has 0 spiro atoms. The Kier molecular flexibility index (Phi) is 3.90. The molecular formula is C13H14N6O3S. The summed E-state index contributed by atoms with van der Waals surface area (Å²) in [6, 6.07) is 6.06. The Bertz CT molecular complexity index is 777. The first-order valence-corrected chi connectivity index (χ1v) is 7.75. The molecule has 1 aliphatic heterocycles. The molecule has 0 saturated carbocycles. The Hall–Kier alpha value is -2.62. The zero-order valence-electron chi connectivity index (χ0n) is 12.2. The Labute approximate surface area is 135 Å². The monoisotopic (exact) mass is 334 g/mol. The van der Waals surface area contributed by atoms with Gasteiger partial charge < -0.3 is 10.7 Å². The second kappa shape index (κ2) is 5.88. The van der Waals surface area contributed by atoms with Crippen molar-refractivity contribution in [1.82, 2.24) is 14.9 Å².